The molecule has 1 atom stereocenters. The number of nitrogens with two attached hydrogens (primary N) is 1. The summed E-state index contributed by atoms with van der Waals surface area (Å²) < 4.78 is 18.9. The predicted octanol–water partition coefficient (Wildman–Crippen LogP) is 2.21. The number of primary amides is 1. The molecule has 3 N–H and O–H groups in total. The lowest BCUT2D eigenvalue weighted by Crippen LogP contribution is -2.35. The number of carbonyl (C=O) groups is 1. The summed E-state index contributed by atoms with van der Waals surface area (Å²) in [5.74, 6) is -0.549. The highest BCUT2D eigenvalue weighted by Crippen LogP contribution is 2.21. The number of hydrogen-bond donors (Lipinski definition) is 2. The van der Waals surface area contributed by atoms with E-state index >= 15 is 0 Å². The Balaban J connectivity index is 2.77. The molecule has 1 aromatic rings. The van der Waals surface area contributed by atoms with Crippen molar-refractivity contribution in [2.75, 3.05) is 6.61 Å². The van der Waals surface area contributed by atoms with Crippen molar-refractivity contribution in [2.45, 2.75) is 39.8 Å². The van der Waals surface area contributed by atoms with E-state index in [-0.39, 0.29) is 23.9 Å². The standard InChI is InChI=1S/C15H23FN2O2/c1-10(14(17)19)9-20-13-6-5-12(16)7-11(13)8-18-15(2,3)4/h5-7,10,18H,8-9H2,1-4H3,(H2,17,19). The lowest BCUT2D eigenvalue weighted by molar-refractivity contribution is -0.122. The van der Waals surface area contributed by atoms with Gasteiger partial charge in [0.25, 0.3) is 0 Å². The van der Waals surface area contributed by atoms with Gasteiger partial charge in [-0.25, -0.2) is 4.39 Å². The molecular formula is C15H23FN2O2. The Morgan fingerprint density at radius 3 is 2.65 bits per heavy atom. The second-order valence-electron chi connectivity index (χ2n) is 5.97. The normalized spacial score (nSPS) is 13.1. The van der Waals surface area contributed by atoms with Crippen LogP contribution < -0.4 is 15.8 Å². The third-order valence-electron chi connectivity index (χ3n) is 2.81. The molecule has 0 saturated carbocycles. The van der Waals surface area contributed by atoms with Gasteiger partial charge in [-0.05, 0) is 39.0 Å². The highest BCUT2D eigenvalue weighted by atomic mass is 19.1. The van der Waals surface area contributed by atoms with E-state index in [1.165, 1.54) is 12.1 Å². The molecule has 0 aliphatic carbocycles. The van der Waals surface area contributed by atoms with Gasteiger partial charge in [-0.3, -0.25) is 4.79 Å². The molecular weight excluding hydrogens is 259 g/mol. The van der Waals surface area contributed by atoms with Crippen LogP contribution in [-0.2, 0) is 11.3 Å². The van der Waals surface area contributed by atoms with E-state index in [9.17, 15) is 9.18 Å². The van der Waals surface area contributed by atoms with Gasteiger partial charge in [-0.2, -0.15) is 0 Å². The van der Waals surface area contributed by atoms with Crippen molar-refractivity contribution in [3.63, 3.8) is 0 Å². The van der Waals surface area contributed by atoms with Gasteiger partial charge in [-0.15, -0.1) is 0 Å². The summed E-state index contributed by atoms with van der Waals surface area (Å²) in [5.41, 5.74) is 5.83. The highest BCUT2D eigenvalue weighted by Gasteiger charge is 2.14. The van der Waals surface area contributed by atoms with Crippen molar-refractivity contribution < 1.29 is 13.9 Å². The Bertz CT molecular complexity index is 469. The maximum atomic E-state index is 13.3. The van der Waals surface area contributed by atoms with Gasteiger partial charge in [0.1, 0.15) is 11.6 Å². The number of hydrogen-bond acceptors (Lipinski definition) is 3. The van der Waals surface area contributed by atoms with Crippen molar-refractivity contribution in [3.05, 3.63) is 29.6 Å². The zero-order valence-corrected chi connectivity index (χ0v) is 12.5. The second-order valence-corrected chi connectivity index (χ2v) is 5.97. The van der Waals surface area contributed by atoms with E-state index in [4.69, 9.17) is 10.5 Å². The average Bonchev–Trinajstić information content (AvgIpc) is 2.33. The van der Waals surface area contributed by atoms with Gasteiger partial charge in [0.15, 0.2) is 0 Å². The number of ether oxygens (including phenoxy) is 1. The molecule has 1 amide bonds. The maximum Gasteiger partial charge on any atom is 0.223 e. The van der Waals surface area contributed by atoms with E-state index in [2.05, 4.69) is 5.32 Å². The number of benzene rings is 1. The summed E-state index contributed by atoms with van der Waals surface area (Å²) in [5, 5.41) is 3.28. The summed E-state index contributed by atoms with van der Waals surface area (Å²) in [6.45, 7) is 8.45. The maximum absolute atomic E-state index is 13.3. The molecule has 0 fully saturated rings. The molecule has 1 unspecified atom stereocenters. The van der Waals surface area contributed by atoms with E-state index in [0.29, 0.717) is 12.3 Å². The first kappa shape index (κ1) is 16.4. The van der Waals surface area contributed by atoms with E-state index in [1.807, 2.05) is 20.8 Å². The Morgan fingerprint density at radius 2 is 2.10 bits per heavy atom. The number of amides is 1. The number of nitrogens with one attached hydrogen (secondary N) is 1. The predicted molar refractivity (Wildman–Crippen MR) is 76.8 cm³/mol. The molecule has 0 aliphatic heterocycles. The number of halogens is 1. The zero-order chi connectivity index (χ0) is 15.3. The van der Waals surface area contributed by atoms with E-state index in [0.717, 1.165) is 5.56 Å². The van der Waals surface area contributed by atoms with Crippen LogP contribution in [0.3, 0.4) is 0 Å². The molecule has 0 aliphatic rings. The Morgan fingerprint density at radius 1 is 1.45 bits per heavy atom. The van der Waals surface area contributed by atoms with Crippen LogP contribution in [0.15, 0.2) is 18.2 Å². The van der Waals surface area contributed by atoms with Gasteiger partial charge < -0.3 is 15.8 Å². The Kier molecular flexibility index (Phi) is 5.51. The first-order valence-corrected chi connectivity index (χ1v) is 6.64. The lowest BCUT2D eigenvalue weighted by atomic mass is 10.1. The highest BCUT2D eigenvalue weighted by molar-refractivity contribution is 5.76. The van der Waals surface area contributed by atoms with Gasteiger partial charge >= 0.3 is 0 Å². The monoisotopic (exact) mass is 282 g/mol. The van der Waals surface area contributed by atoms with E-state index in [1.54, 1.807) is 13.0 Å². The molecule has 0 aromatic heterocycles. The molecule has 0 heterocycles. The minimum atomic E-state index is -0.415. The third kappa shape index (κ3) is 5.57. The first-order chi connectivity index (χ1) is 9.19. The lowest BCUT2D eigenvalue weighted by Gasteiger charge is -2.22. The van der Waals surface area contributed by atoms with Crippen molar-refractivity contribution >= 4 is 5.91 Å². The molecule has 1 rings (SSSR count). The van der Waals surface area contributed by atoms with Crippen molar-refractivity contribution in [3.8, 4) is 5.75 Å². The molecule has 1 aromatic carbocycles. The molecule has 0 bridgehead atoms. The quantitative estimate of drug-likeness (QED) is 0.841. The molecule has 0 radical (unpaired) electrons. The van der Waals surface area contributed by atoms with Crippen molar-refractivity contribution in [2.24, 2.45) is 11.7 Å². The van der Waals surface area contributed by atoms with Crippen LogP contribution in [0.1, 0.15) is 33.3 Å². The Hall–Kier alpha value is -1.62. The molecule has 112 valence electrons. The SMILES string of the molecule is CC(COc1ccc(F)cc1CNC(C)(C)C)C(N)=O. The number of rotatable bonds is 6. The minimum absolute atomic E-state index is 0.0793. The third-order valence-corrected chi connectivity index (χ3v) is 2.81. The van der Waals surface area contributed by atoms with Crippen LogP contribution in [0.5, 0.6) is 5.75 Å². The molecule has 0 spiro atoms. The van der Waals surface area contributed by atoms with Crippen LogP contribution in [0, 0.1) is 11.7 Å². The summed E-state index contributed by atoms with van der Waals surface area (Å²) in [7, 11) is 0. The van der Waals surface area contributed by atoms with Gasteiger partial charge in [0.2, 0.25) is 5.91 Å². The molecule has 20 heavy (non-hydrogen) atoms. The smallest absolute Gasteiger partial charge is 0.223 e. The summed E-state index contributed by atoms with van der Waals surface area (Å²) >= 11 is 0. The van der Waals surface area contributed by atoms with E-state index < -0.39 is 5.91 Å². The largest absolute Gasteiger partial charge is 0.492 e. The van der Waals surface area contributed by atoms with Crippen LogP contribution in [0.2, 0.25) is 0 Å². The fourth-order valence-corrected chi connectivity index (χ4v) is 1.48. The molecule has 5 heteroatoms. The molecule has 0 saturated heterocycles. The first-order valence-electron chi connectivity index (χ1n) is 6.64. The van der Waals surface area contributed by atoms with Gasteiger partial charge in [0, 0.05) is 17.6 Å². The van der Waals surface area contributed by atoms with Crippen molar-refractivity contribution in [1.29, 1.82) is 0 Å². The van der Waals surface area contributed by atoms with Crippen LogP contribution in [-0.4, -0.2) is 18.1 Å². The minimum Gasteiger partial charge on any atom is -0.492 e. The van der Waals surface area contributed by atoms with Crippen LogP contribution >= 0.6 is 0 Å². The molecule has 4 nitrogen and oxygen atoms in total. The second kappa shape index (κ2) is 6.70. The summed E-state index contributed by atoms with van der Waals surface area (Å²) in [4.78, 5) is 11.0. The summed E-state index contributed by atoms with van der Waals surface area (Å²) in [6.07, 6.45) is 0. The van der Waals surface area contributed by atoms with Gasteiger partial charge in [-0.1, -0.05) is 6.92 Å². The fraction of sp³-hybridized carbons (Fsp3) is 0.533. The zero-order valence-electron chi connectivity index (χ0n) is 12.5. The van der Waals surface area contributed by atoms with Gasteiger partial charge in [0.05, 0.1) is 12.5 Å². The topological polar surface area (TPSA) is 64.3 Å². The Labute approximate surface area is 119 Å². The average molecular weight is 282 g/mol. The fourth-order valence-electron chi connectivity index (χ4n) is 1.48. The van der Waals surface area contributed by atoms with Crippen LogP contribution in [0.25, 0.3) is 0 Å². The van der Waals surface area contributed by atoms with Crippen molar-refractivity contribution in [1.82, 2.24) is 5.32 Å². The van der Waals surface area contributed by atoms with Crippen LogP contribution in [0.4, 0.5) is 4.39 Å². The summed E-state index contributed by atoms with van der Waals surface area (Å²) in [6, 6.07) is 4.34. The number of carbonyl (C=O) groups excluding carboxylic acids is 1.